The van der Waals surface area contributed by atoms with E-state index in [9.17, 15) is 20.2 Å². The zero-order valence-electron chi connectivity index (χ0n) is 19.4. The van der Waals surface area contributed by atoms with Crippen molar-refractivity contribution >= 4 is 50.9 Å². The molecule has 1 N–H and O–H groups in total. The zero-order chi connectivity index (χ0) is 26.2. The standard InChI is InChI=1S/C26H21BrClN3O5/c1-3-35-24-12-18(9-19(14-29)26(32)30-23-13-20(28)8-7-16(23)2)11-22(27)25(24)36-15-17-5-4-6-21(10-17)31(33)34/h4-13H,3,15H2,1-2H3,(H,30,32)/b19-9+. The largest absolute Gasteiger partial charge is 0.490 e. The number of nitrogens with zero attached hydrogens (tertiary/aromatic N) is 2. The average Bonchev–Trinajstić information content (AvgIpc) is 2.84. The first-order valence-electron chi connectivity index (χ1n) is 10.7. The summed E-state index contributed by atoms with van der Waals surface area (Å²) >= 11 is 9.48. The fourth-order valence-electron chi connectivity index (χ4n) is 3.22. The molecule has 0 aliphatic carbocycles. The van der Waals surface area contributed by atoms with Crippen molar-refractivity contribution in [2.24, 2.45) is 0 Å². The quantitative estimate of drug-likeness (QED) is 0.130. The molecule has 3 rings (SSSR count). The smallest absolute Gasteiger partial charge is 0.269 e. The van der Waals surface area contributed by atoms with E-state index in [0.29, 0.717) is 44.4 Å². The number of nitro groups is 1. The summed E-state index contributed by atoms with van der Waals surface area (Å²) in [6, 6.07) is 16.5. The molecule has 0 bridgehead atoms. The van der Waals surface area contributed by atoms with Crippen LogP contribution in [-0.2, 0) is 11.4 Å². The number of rotatable bonds is 9. The summed E-state index contributed by atoms with van der Waals surface area (Å²) in [5, 5.41) is 23.8. The summed E-state index contributed by atoms with van der Waals surface area (Å²) in [7, 11) is 0. The van der Waals surface area contributed by atoms with Gasteiger partial charge in [0.15, 0.2) is 11.5 Å². The van der Waals surface area contributed by atoms with Gasteiger partial charge in [-0.15, -0.1) is 0 Å². The molecule has 0 aliphatic rings. The molecule has 0 heterocycles. The van der Waals surface area contributed by atoms with E-state index in [-0.39, 0.29) is 17.9 Å². The number of benzene rings is 3. The Hall–Kier alpha value is -3.87. The minimum absolute atomic E-state index is 0.0315. The highest BCUT2D eigenvalue weighted by atomic mass is 79.9. The van der Waals surface area contributed by atoms with Gasteiger partial charge in [0.1, 0.15) is 18.2 Å². The van der Waals surface area contributed by atoms with Crippen molar-refractivity contribution in [3.05, 3.63) is 96.5 Å². The minimum Gasteiger partial charge on any atom is -0.490 e. The van der Waals surface area contributed by atoms with Crippen molar-refractivity contribution < 1.29 is 19.2 Å². The van der Waals surface area contributed by atoms with Crippen LogP contribution in [-0.4, -0.2) is 17.4 Å². The molecule has 0 saturated carbocycles. The lowest BCUT2D eigenvalue weighted by Crippen LogP contribution is -2.14. The van der Waals surface area contributed by atoms with Gasteiger partial charge in [-0.3, -0.25) is 14.9 Å². The number of nitro benzene ring substituents is 1. The molecule has 0 atom stereocenters. The first-order chi connectivity index (χ1) is 17.2. The van der Waals surface area contributed by atoms with Crippen LogP contribution >= 0.6 is 27.5 Å². The summed E-state index contributed by atoms with van der Waals surface area (Å²) in [6.45, 7) is 4.04. The first kappa shape index (κ1) is 26.7. The van der Waals surface area contributed by atoms with Crippen molar-refractivity contribution in [1.29, 1.82) is 5.26 Å². The van der Waals surface area contributed by atoms with Crippen LogP contribution in [0, 0.1) is 28.4 Å². The maximum atomic E-state index is 12.7. The highest BCUT2D eigenvalue weighted by Gasteiger charge is 2.16. The zero-order valence-corrected chi connectivity index (χ0v) is 21.7. The predicted octanol–water partition coefficient (Wildman–Crippen LogP) is 6.84. The highest BCUT2D eigenvalue weighted by molar-refractivity contribution is 9.10. The third-order valence-electron chi connectivity index (χ3n) is 4.96. The predicted molar refractivity (Wildman–Crippen MR) is 141 cm³/mol. The highest BCUT2D eigenvalue weighted by Crippen LogP contribution is 2.38. The normalized spacial score (nSPS) is 10.9. The lowest BCUT2D eigenvalue weighted by Gasteiger charge is -2.15. The summed E-state index contributed by atoms with van der Waals surface area (Å²) < 4.78 is 12.1. The number of halogens is 2. The number of anilines is 1. The Morgan fingerprint density at radius 3 is 2.69 bits per heavy atom. The molecule has 0 spiro atoms. The van der Waals surface area contributed by atoms with Crippen molar-refractivity contribution in [2.45, 2.75) is 20.5 Å². The number of nitriles is 1. The lowest BCUT2D eigenvalue weighted by molar-refractivity contribution is -0.384. The Morgan fingerprint density at radius 2 is 2.00 bits per heavy atom. The van der Waals surface area contributed by atoms with Gasteiger partial charge in [0.2, 0.25) is 0 Å². The molecule has 0 fully saturated rings. The van der Waals surface area contributed by atoms with E-state index in [0.717, 1.165) is 5.56 Å². The third-order valence-corrected chi connectivity index (χ3v) is 5.78. The molecule has 3 aromatic rings. The van der Waals surface area contributed by atoms with Gasteiger partial charge in [0.25, 0.3) is 11.6 Å². The van der Waals surface area contributed by atoms with E-state index in [1.165, 1.54) is 18.2 Å². The Balaban J connectivity index is 1.86. The summed E-state index contributed by atoms with van der Waals surface area (Å²) in [5.41, 5.74) is 2.31. The molecule has 0 aliphatic heterocycles. The van der Waals surface area contributed by atoms with Crippen LogP contribution in [0.1, 0.15) is 23.6 Å². The number of nitrogens with one attached hydrogen (secondary N) is 1. The van der Waals surface area contributed by atoms with Crippen molar-refractivity contribution in [1.82, 2.24) is 0 Å². The SMILES string of the molecule is CCOc1cc(/C=C(\C#N)C(=O)Nc2cc(Cl)ccc2C)cc(Br)c1OCc1cccc([N+](=O)[O-])c1. The van der Waals surface area contributed by atoms with E-state index < -0.39 is 10.8 Å². The fraction of sp³-hybridized carbons (Fsp3) is 0.154. The number of amides is 1. The van der Waals surface area contributed by atoms with Crippen LogP contribution in [0.4, 0.5) is 11.4 Å². The molecule has 0 radical (unpaired) electrons. The van der Waals surface area contributed by atoms with E-state index in [2.05, 4.69) is 21.2 Å². The fourth-order valence-corrected chi connectivity index (χ4v) is 3.97. The van der Waals surface area contributed by atoms with E-state index in [4.69, 9.17) is 21.1 Å². The molecule has 0 aromatic heterocycles. The number of aryl methyl sites for hydroxylation is 1. The molecule has 10 heteroatoms. The first-order valence-corrected chi connectivity index (χ1v) is 11.9. The van der Waals surface area contributed by atoms with Crippen LogP contribution < -0.4 is 14.8 Å². The molecular formula is C26H21BrClN3O5. The Bertz CT molecular complexity index is 1380. The van der Waals surface area contributed by atoms with Gasteiger partial charge in [0.05, 0.1) is 16.0 Å². The van der Waals surface area contributed by atoms with Gasteiger partial charge in [-0.1, -0.05) is 29.8 Å². The van der Waals surface area contributed by atoms with Crippen LogP contribution in [0.3, 0.4) is 0 Å². The molecule has 184 valence electrons. The molecule has 36 heavy (non-hydrogen) atoms. The second kappa shape index (κ2) is 12.2. The van der Waals surface area contributed by atoms with Gasteiger partial charge in [-0.25, -0.2) is 0 Å². The van der Waals surface area contributed by atoms with Crippen molar-refractivity contribution in [2.75, 3.05) is 11.9 Å². The average molecular weight is 571 g/mol. The Labute approximate surface area is 221 Å². The monoisotopic (exact) mass is 569 g/mol. The van der Waals surface area contributed by atoms with Gasteiger partial charge in [0, 0.05) is 22.8 Å². The van der Waals surface area contributed by atoms with Crippen LogP contribution in [0.15, 0.2) is 64.6 Å². The van der Waals surface area contributed by atoms with Crippen molar-refractivity contribution in [3.63, 3.8) is 0 Å². The van der Waals surface area contributed by atoms with Gasteiger partial charge < -0.3 is 14.8 Å². The van der Waals surface area contributed by atoms with E-state index >= 15 is 0 Å². The Kier molecular flexibility index (Phi) is 9.06. The summed E-state index contributed by atoms with van der Waals surface area (Å²) in [6.07, 6.45) is 1.44. The number of non-ortho nitro benzene ring substituents is 1. The number of hydrogen-bond acceptors (Lipinski definition) is 6. The Morgan fingerprint density at radius 1 is 1.22 bits per heavy atom. The van der Waals surface area contributed by atoms with Gasteiger partial charge in [-0.2, -0.15) is 5.26 Å². The molecule has 0 saturated heterocycles. The van der Waals surface area contributed by atoms with E-state index in [1.54, 1.807) is 42.5 Å². The van der Waals surface area contributed by atoms with Crippen LogP contribution in [0.2, 0.25) is 5.02 Å². The second-order valence-corrected chi connectivity index (χ2v) is 8.85. The third kappa shape index (κ3) is 6.84. The number of ether oxygens (including phenoxy) is 2. The van der Waals surface area contributed by atoms with Gasteiger partial charge in [-0.05, 0) is 76.8 Å². The maximum absolute atomic E-state index is 12.7. The van der Waals surface area contributed by atoms with Crippen LogP contribution in [0.25, 0.3) is 6.08 Å². The summed E-state index contributed by atoms with van der Waals surface area (Å²) in [4.78, 5) is 23.3. The molecule has 3 aromatic carbocycles. The van der Waals surface area contributed by atoms with Crippen LogP contribution in [0.5, 0.6) is 11.5 Å². The second-order valence-electron chi connectivity index (χ2n) is 7.56. The molecule has 1 amide bonds. The lowest BCUT2D eigenvalue weighted by atomic mass is 10.1. The molecule has 8 nitrogen and oxygen atoms in total. The number of carbonyl (C=O) groups is 1. The van der Waals surface area contributed by atoms with Gasteiger partial charge >= 0.3 is 0 Å². The molecule has 0 unspecified atom stereocenters. The topological polar surface area (TPSA) is 114 Å². The molecular weight excluding hydrogens is 550 g/mol. The number of carbonyl (C=O) groups excluding carboxylic acids is 1. The van der Waals surface area contributed by atoms with E-state index in [1.807, 2.05) is 19.9 Å². The summed E-state index contributed by atoms with van der Waals surface area (Å²) in [5.74, 6) is 0.188. The minimum atomic E-state index is -0.581. The number of hydrogen-bond donors (Lipinski definition) is 1. The maximum Gasteiger partial charge on any atom is 0.269 e. The van der Waals surface area contributed by atoms with Crippen molar-refractivity contribution in [3.8, 4) is 17.6 Å².